The van der Waals surface area contributed by atoms with Gasteiger partial charge in [-0.15, -0.1) is 0 Å². The zero-order valence-corrected chi connectivity index (χ0v) is 23.1. The largest absolute Gasteiger partial charge is 0.463 e. The fraction of sp³-hybridized carbons (Fsp3) is 0.968. The van der Waals surface area contributed by atoms with E-state index in [-0.39, 0.29) is 12.1 Å². The average Bonchev–Trinajstić information content (AvgIpc) is 3.04. The number of hydrogen-bond donors (Lipinski definition) is 0. The Labute approximate surface area is 204 Å². The average molecular weight is 457 g/mol. The first-order valence-electron chi connectivity index (χ1n) is 14.5. The molecular formula is C31H52O2. The number of carbonyl (C=O) groups is 1. The van der Waals surface area contributed by atoms with Crippen molar-refractivity contribution in [3.63, 3.8) is 0 Å². The van der Waals surface area contributed by atoms with Gasteiger partial charge in [-0.05, 0) is 128 Å². The van der Waals surface area contributed by atoms with Crippen LogP contribution in [0.4, 0.5) is 0 Å². The van der Waals surface area contributed by atoms with E-state index in [9.17, 15) is 4.79 Å². The van der Waals surface area contributed by atoms with Crippen molar-refractivity contribution in [1.82, 2.24) is 0 Å². The SMILES string of the molecule is CC(=O)OC(C)[C@H]1CC[C@]2(C)[C@H]3CC[C@@H]4[C@@]5(C)CCCC(C)(C)[C@@H]5CC[C@@]4(C)[C@]3(C)CC[C@@H]12. The summed E-state index contributed by atoms with van der Waals surface area (Å²) in [5, 5.41) is 0. The van der Waals surface area contributed by atoms with Gasteiger partial charge in [0.2, 0.25) is 0 Å². The smallest absolute Gasteiger partial charge is 0.302 e. The van der Waals surface area contributed by atoms with E-state index in [4.69, 9.17) is 4.74 Å². The molecule has 0 aromatic carbocycles. The Hall–Kier alpha value is -0.530. The van der Waals surface area contributed by atoms with Gasteiger partial charge in [-0.2, -0.15) is 0 Å². The van der Waals surface area contributed by atoms with Crippen molar-refractivity contribution in [2.24, 2.45) is 56.7 Å². The lowest BCUT2D eigenvalue weighted by molar-refractivity contribution is -0.242. The van der Waals surface area contributed by atoms with Crippen molar-refractivity contribution >= 4 is 5.97 Å². The van der Waals surface area contributed by atoms with Crippen LogP contribution < -0.4 is 0 Å². The van der Waals surface area contributed by atoms with Crippen LogP contribution in [0.2, 0.25) is 0 Å². The van der Waals surface area contributed by atoms with Gasteiger partial charge >= 0.3 is 5.97 Å². The Bertz CT molecular complexity index is 801. The zero-order chi connectivity index (χ0) is 24.0. The molecule has 0 amide bonds. The molecule has 0 N–H and O–H groups in total. The summed E-state index contributed by atoms with van der Waals surface area (Å²) in [5.74, 6) is 3.81. The molecule has 5 aliphatic rings. The van der Waals surface area contributed by atoms with E-state index in [0.29, 0.717) is 33.0 Å². The molecule has 5 fully saturated rings. The van der Waals surface area contributed by atoms with E-state index < -0.39 is 0 Å². The van der Waals surface area contributed by atoms with Gasteiger partial charge in [0.15, 0.2) is 0 Å². The second kappa shape index (κ2) is 7.49. The molecule has 0 aromatic rings. The van der Waals surface area contributed by atoms with E-state index in [1.54, 1.807) is 6.92 Å². The predicted octanol–water partition coefficient (Wildman–Crippen LogP) is 8.43. The quantitative estimate of drug-likeness (QED) is 0.390. The van der Waals surface area contributed by atoms with E-state index in [2.05, 4.69) is 48.5 Å². The van der Waals surface area contributed by atoms with Gasteiger partial charge in [0.25, 0.3) is 0 Å². The van der Waals surface area contributed by atoms with Crippen molar-refractivity contribution in [3.05, 3.63) is 0 Å². The maximum atomic E-state index is 11.7. The first-order valence-corrected chi connectivity index (χ1v) is 14.5. The van der Waals surface area contributed by atoms with Gasteiger partial charge in [0, 0.05) is 6.92 Å². The van der Waals surface area contributed by atoms with E-state index in [0.717, 1.165) is 23.7 Å². The number of fused-ring (bicyclic) bond motifs is 7. The number of esters is 1. The van der Waals surface area contributed by atoms with Crippen LogP contribution in [0.5, 0.6) is 0 Å². The lowest BCUT2D eigenvalue weighted by atomic mass is 9.32. The maximum absolute atomic E-state index is 11.7. The molecule has 188 valence electrons. The molecule has 5 saturated carbocycles. The van der Waals surface area contributed by atoms with Crippen molar-refractivity contribution in [2.75, 3.05) is 0 Å². The normalized spacial score (nSPS) is 53.8. The van der Waals surface area contributed by atoms with Gasteiger partial charge in [-0.3, -0.25) is 4.79 Å². The summed E-state index contributed by atoms with van der Waals surface area (Å²) in [6, 6.07) is 0. The minimum absolute atomic E-state index is 0.0735. The monoisotopic (exact) mass is 456 g/mol. The minimum atomic E-state index is -0.106. The van der Waals surface area contributed by atoms with E-state index >= 15 is 0 Å². The van der Waals surface area contributed by atoms with Crippen LogP contribution in [0.1, 0.15) is 126 Å². The topological polar surface area (TPSA) is 26.3 Å². The second-order valence-electron chi connectivity index (χ2n) is 15.1. The van der Waals surface area contributed by atoms with Crippen LogP contribution in [-0.2, 0) is 9.53 Å². The summed E-state index contributed by atoms with van der Waals surface area (Å²) in [6.07, 6.45) is 15.5. The van der Waals surface area contributed by atoms with Crippen molar-refractivity contribution in [1.29, 1.82) is 0 Å². The van der Waals surface area contributed by atoms with E-state index in [1.165, 1.54) is 70.6 Å². The summed E-state index contributed by atoms with van der Waals surface area (Å²) < 4.78 is 5.75. The Kier molecular flexibility index (Phi) is 5.49. The summed E-state index contributed by atoms with van der Waals surface area (Å²) in [4.78, 5) is 11.7. The molecule has 0 bridgehead atoms. The molecule has 5 rings (SSSR count). The lowest BCUT2D eigenvalue weighted by Crippen LogP contribution is -2.65. The standard InChI is InChI=1S/C31H52O2/c1-20(33-21(2)32)22-12-17-28(5)23(22)13-18-30(7)25(28)10-11-26-29(6)16-9-15-27(3,4)24(29)14-19-31(26,30)8/h20,22-26H,9-19H2,1-8H3/t20?,22-,23+,24+,25-,26-,28+,29+,30-,31-/m1/s1. The van der Waals surface area contributed by atoms with Crippen molar-refractivity contribution in [3.8, 4) is 0 Å². The van der Waals surface area contributed by atoms with Crippen LogP contribution in [-0.4, -0.2) is 12.1 Å². The number of hydrogen-bond acceptors (Lipinski definition) is 2. The molecule has 0 aliphatic heterocycles. The van der Waals surface area contributed by atoms with Gasteiger partial charge in [-0.25, -0.2) is 0 Å². The molecule has 0 radical (unpaired) electrons. The Morgan fingerprint density at radius 1 is 0.727 bits per heavy atom. The molecule has 33 heavy (non-hydrogen) atoms. The third-order valence-electron chi connectivity index (χ3n) is 13.7. The van der Waals surface area contributed by atoms with Crippen LogP contribution in [0.3, 0.4) is 0 Å². The number of rotatable bonds is 2. The molecule has 5 aliphatic carbocycles. The molecule has 2 nitrogen and oxygen atoms in total. The molecule has 2 heteroatoms. The minimum Gasteiger partial charge on any atom is -0.463 e. The predicted molar refractivity (Wildman–Crippen MR) is 136 cm³/mol. The summed E-state index contributed by atoms with van der Waals surface area (Å²) in [5.41, 5.74) is 2.39. The highest BCUT2D eigenvalue weighted by molar-refractivity contribution is 5.66. The molecular weight excluding hydrogens is 404 g/mol. The highest BCUT2D eigenvalue weighted by atomic mass is 16.5. The zero-order valence-electron chi connectivity index (χ0n) is 23.1. The van der Waals surface area contributed by atoms with E-state index in [1.807, 2.05) is 0 Å². The number of ether oxygens (including phenoxy) is 1. The highest BCUT2D eigenvalue weighted by Gasteiger charge is 2.70. The Balaban J connectivity index is 1.46. The molecule has 0 heterocycles. The third kappa shape index (κ3) is 3.13. The van der Waals surface area contributed by atoms with Crippen LogP contribution >= 0.6 is 0 Å². The fourth-order valence-corrected chi connectivity index (χ4v) is 12.2. The highest BCUT2D eigenvalue weighted by Crippen LogP contribution is 2.77. The summed E-state index contributed by atoms with van der Waals surface area (Å²) >= 11 is 0. The van der Waals surface area contributed by atoms with Crippen molar-refractivity contribution < 1.29 is 9.53 Å². The van der Waals surface area contributed by atoms with Gasteiger partial charge in [-0.1, -0.05) is 48.0 Å². The molecule has 0 saturated heterocycles. The molecule has 0 aromatic heterocycles. The first kappa shape index (κ1) is 24.2. The maximum Gasteiger partial charge on any atom is 0.302 e. The molecule has 10 atom stereocenters. The van der Waals surface area contributed by atoms with Gasteiger partial charge in [0.05, 0.1) is 0 Å². The van der Waals surface area contributed by atoms with Gasteiger partial charge in [0.1, 0.15) is 6.10 Å². The van der Waals surface area contributed by atoms with Crippen LogP contribution in [0.25, 0.3) is 0 Å². The first-order chi connectivity index (χ1) is 15.3. The second-order valence-corrected chi connectivity index (χ2v) is 15.1. The Morgan fingerprint density at radius 2 is 1.33 bits per heavy atom. The third-order valence-corrected chi connectivity index (χ3v) is 13.7. The fourth-order valence-electron chi connectivity index (χ4n) is 12.2. The van der Waals surface area contributed by atoms with Crippen LogP contribution in [0.15, 0.2) is 0 Å². The number of carbonyl (C=O) groups excluding carboxylic acids is 1. The summed E-state index contributed by atoms with van der Waals surface area (Å²) in [6.45, 7) is 19.8. The molecule has 1 unspecified atom stereocenters. The Morgan fingerprint density at radius 3 is 1.97 bits per heavy atom. The van der Waals surface area contributed by atoms with Gasteiger partial charge < -0.3 is 4.74 Å². The van der Waals surface area contributed by atoms with Crippen molar-refractivity contribution in [2.45, 2.75) is 132 Å². The summed E-state index contributed by atoms with van der Waals surface area (Å²) in [7, 11) is 0. The lowest BCUT2D eigenvalue weighted by Gasteiger charge is -2.73. The molecule has 0 spiro atoms. The van der Waals surface area contributed by atoms with Crippen LogP contribution in [0, 0.1) is 56.7 Å².